The summed E-state index contributed by atoms with van der Waals surface area (Å²) in [6.07, 6.45) is 3.60. The lowest BCUT2D eigenvalue weighted by atomic mass is 10.1. The second-order valence-electron chi connectivity index (χ2n) is 8.72. The van der Waals surface area contributed by atoms with Gasteiger partial charge in [0.15, 0.2) is 10.1 Å². The Morgan fingerprint density at radius 2 is 2.15 bits per heavy atom. The number of hydrogen-bond acceptors (Lipinski definition) is 7. The van der Waals surface area contributed by atoms with Gasteiger partial charge in [0.1, 0.15) is 17.2 Å². The van der Waals surface area contributed by atoms with Crippen molar-refractivity contribution in [2.24, 2.45) is 5.92 Å². The van der Waals surface area contributed by atoms with Crippen LogP contribution in [-0.2, 0) is 0 Å². The van der Waals surface area contributed by atoms with Crippen molar-refractivity contribution >= 4 is 44.6 Å². The number of aryl methyl sites for hydroxylation is 1. The van der Waals surface area contributed by atoms with Crippen LogP contribution in [0.15, 0.2) is 35.8 Å². The fraction of sp³-hybridized carbons (Fsp3) is 0.304. The van der Waals surface area contributed by atoms with Gasteiger partial charge in [0.25, 0.3) is 11.8 Å². The number of likely N-dealkylation sites (tertiary alicyclic amines) is 1. The molecule has 1 aromatic carbocycles. The van der Waals surface area contributed by atoms with E-state index in [1.807, 2.05) is 23.4 Å². The number of amides is 2. The van der Waals surface area contributed by atoms with Gasteiger partial charge in [-0.3, -0.25) is 14.0 Å². The summed E-state index contributed by atoms with van der Waals surface area (Å²) in [6.45, 7) is 2.15. The average molecular weight is 497 g/mol. The number of carbonyl (C=O) groups is 2. The molecule has 0 spiro atoms. The molecular formula is C23H21FN6O2S2. The smallest absolute Gasteiger partial charge is 0.274 e. The summed E-state index contributed by atoms with van der Waals surface area (Å²) >= 11 is 2.65. The third-order valence-electron chi connectivity index (χ3n) is 6.53. The Bertz CT molecular complexity index is 1440. The minimum atomic E-state index is -0.387. The molecule has 1 aliphatic carbocycles. The molecular weight excluding hydrogens is 475 g/mol. The van der Waals surface area contributed by atoms with Crippen molar-refractivity contribution in [3.8, 4) is 10.4 Å². The van der Waals surface area contributed by atoms with Gasteiger partial charge in [-0.15, -0.1) is 11.3 Å². The van der Waals surface area contributed by atoms with E-state index in [0.717, 1.165) is 17.8 Å². The van der Waals surface area contributed by atoms with E-state index in [4.69, 9.17) is 5.73 Å². The monoisotopic (exact) mass is 496 g/mol. The lowest BCUT2D eigenvalue weighted by Crippen LogP contribution is -2.45. The quantitative estimate of drug-likeness (QED) is 0.439. The van der Waals surface area contributed by atoms with Crippen LogP contribution in [0.2, 0.25) is 0 Å². The zero-order valence-corrected chi connectivity index (χ0v) is 19.8. The number of nitrogens with zero attached hydrogens (tertiary/aromatic N) is 4. The van der Waals surface area contributed by atoms with Gasteiger partial charge in [0.2, 0.25) is 0 Å². The molecule has 3 N–H and O–H groups in total. The molecule has 3 aromatic heterocycles. The molecule has 3 atom stereocenters. The Kier molecular flexibility index (Phi) is 4.92. The average Bonchev–Trinajstić information content (AvgIpc) is 3.16. The van der Waals surface area contributed by atoms with Gasteiger partial charge in [-0.25, -0.2) is 14.4 Å². The molecule has 174 valence electrons. The highest BCUT2D eigenvalue weighted by Gasteiger charge is 2.54. The Morgan fingerprint density at radius 3 is 2.97 bits per heavy atom. The largest absolute Gasteiger partial charge is 0.375 e. The van der Waals surface area contributed by atoms with Gasteiger partial charge in [-0.1, -0.05) is 23.5 Å². The van der Waals surface area contributed by atoms with Crippen LogP contribution < -0.4 is 11.1 Å². The topological polar surface area (TPSA) is 106 Å². The summed E-state index contributed by atoms with van der Waals surface area (Å²) in [5, 5.41) is 5.15. The van der Waals surface area contributed by atoms with Crippen molar-refractivity contribution in [1.82, 2.24) is 24.6 Å². The number of hydrogen-bond donors (Lipinski definition) is 2. The maximum atomic E-state index is 13.8. The van der Waals surface area contributed by atoms with E-state index in [1.54, 1.807) is 16.5 Å². The Hall–Kier alpha value is -3.31. The van der Waals surface area contributed by atoms with Crippen molar-refractivity contribution in [1.29, 1.82) is 0 Å². The number of nitrogen functional groups attached to an aromatic ring is 1. The molecule has 0 radical (unpaired) electrons. The maximum Gasteiger partial charge on any atom is 0.274 e. The predicted molar refractivity (Wildman–Crippen MR) is 129 cm³/mol. The zero-order chi connectivity index (χ0) is 23.6. The van der Waals surface area contributed by atoms with Gasteiger partial charge in [0, 0.05) is 24.2 Å². The van der Waals surface area contributed by atoms with Crippen LogP contribution in [0.3, 0.4) is 0 Å². The number of benzene rings is 1. The fourth-order valence-corrected chi connectivity index (χ4v) is 6.53. The van der Waals surface area contributed by atoms with E-state index >= 15 is 0 Å². The number of rotatable bonds is 5. The molecule has 11 heteroatoms. The first-order chi connectivity index (χ1) is 16.4. The zero-order valence-electron chi connectivity index (χ0n) is 18.2. The molecule has 2 aliphatic rings. The van der Waals surface area contributed by atoms with Gasteiger partial charge >= 0.3 is 0 Å². The van der Waals surface area contributed by atoms with Crippen LogP contribution in [-0.4, -0.2) is 49.7 Å². The van der Waals surface area contributed by atoms with Crippen molar-refractivity contribution in [3.05, 3.63) is 58.7 Å². The number of thiazole rings is 2. The van der Waals surface area contributed by atoms with Crippen LogP contribution in [0.4, 0.5) is 9.52 Å². The van der Waals surface area contributed by atoms with E-state index in [-0.39, 0.29) is 40.5 Å². The van der Waals surface area contributed by atoms with E-state index in [1.165, 1.54) is 34.8 Å². The molecule has 4 heterocycles. The first-order valence-corrected chi connectivity index (χ1v) is 12.7. The van der Waals surface area contributed by atoms with E-state index < -0.39 is 0 Å². The van der Waals surface area contributed by atoms with Crippen LogP contribution >= 0.6 is 22.7 Å². The number of imidazole rings is 1. The molecule has 0 bridgehead atoms. The number of fused-ring (bicyclic) bond motifs is 2. The van der Waals surface area contributed by atoms with Gasteiger partial charge in [-0.05, 0) is 43.4 Å². The molecule has 4 aromatic rings. The van der Waals surface area contributed by atoms with Crippen LogP contribution in [0.1, 0.15) is 39.5 Å². The summed E-state index contributed by atoms with van der Waals surface area (Å²) < 4.78 is 15.6. The standard InChI is InChI=1S/C23H21FN6O2S2/c1-11-18(29-5-6-33-23(29)27-11)20(31)26-10-15-8-13-9-16(13)30(15)21(32)17-19(34-22(25)28-17)12-3-2-4-14(24)7-12/h2-7,13,15-16H,8-10H2,1H3,(H2,25,28)(H,26,31)/t13?,15-,16?/m0/s1. The molecule has 1 saturated carbocycles. The van der Waals surface area contributed by atoms with Crippen LogP contribution in [0.5, 0.6) is 0 Å². The molecule has 2 amide bonds. The van der Waals surface area contributed by atoms with Crippen molar-refractivity contribution in [2.75, 3.05) is 12.3 Å². The summed E-state index contributed by atoms with van der Waals surface area (Å²) in [5.74, 6) is -0.395. The Balaban J connectivity index is 1.24. The first kappa shape index (κ1) is 21.2. The molecule has 34 heavy (non-hydrogen) atoms. The number of aromatic nitrogens is 3. The summed E-state index contributed by atoms with van der Waals surface area (Å²) in [7, 11) is 0. The van der Waals surface area contributed by atoms with Crippen molar-refractivity contribution in [2.45, 2.75) is 31.8 Å². The number of nitrogens with one attached hydrogen (secondary N) is 1. The molecule has 8 nitrogen and oxygen atoms in total. The second kappa shape index (κ2) is 7.88. The fourth-order valence-electron chi connectivity index (χ4n) is 4.95. The highest BCUT2D eigenvalue weighted by atomic mass is 32.1. The van der Waals surface area contributed by atoms with Crippen LogP contribution in [0.25, 0.3) is 15.4 Å². The third kappa shape index (κ3) is 3.46. The maximum absolute atomic E-state index is 13.8. The highest BCUT2D eigenvalue weighted by molar-refractivity contribution is 7.19. The first-order valence-electron chi connectivity index (χ1n) is 11.0. The number of piperidine rings is 1. The van der Waals surface area contributed by atoms with Crippen LogP contribution in [0, 0.1) is 18.7 Å². The third-order valence-corrected chi connectivity index (χ3v) is 8.22. The van der Waals surface area contributed by atoms with Gasteiger partial charge < -0.3 is 16.0 Å². The molecule has 2 fully saturated rings. The Labute approximate surface area is 202 Å². The SMILES string of the molecule is Cc1nc2sccn2c1C(=O)NC[C@@H]1CC2CC2N1C(=O)c1nc(N)sc1-c1cccc(F)c1. The number of carbonyl (C=O) groups excluding carboxylic acids is 2. The minimum Gasteiger partial charge on any atom is -0.375 e. The number of nitrogens with two attached hydrogens (primary N) is 1. The molecule has 2 unspecified atom stereocenters. The van der Waals surface area contributed by atoms with E-state index in [2.05, 4.69) is 15.3 Å². The summed E-state index contributed by atoms with van der Waals surface area (Å²) in [6, 6.07) is 6.07. The molecule has 6 rings (SSSR count). The molecule has 1 aliphatic heterocycles. The lowest BCUT2D eigenvalue weighted by Gasteiger charge is -2.27. The summed E-state index contributed by atoms with van der Waals surface area (Å²) in [4.78, 5) is 38.5. The van der Waals surface area contributed by atoms with Crippen molar-refractivity contribution < 1.29 is 14.0 Å². The van der Waals surface area contributed by atoms with Gasteiger partial charge in [-0.2, -0.15) is 0 Å². The number of halogens is 1. The lowest BCUT2D eigenvalue weighted by molar-refractivity contribution is 0.0684. The normalized spacial score (nSPS) is 21.1. The minimum absolute atomic E-state index is 0.137. The Morgan fingerprint density at radius 1 is 1.29 bits per heavy atom. The number of anilines is 1. The van der Waals surface area contributed by atoms with Gasteiger partial charge in [0.05, 0.1) is 16.6 Å². The second-order valence-corrected chi connectivity index (χ2v) is 10.6. The highest BCUT2D eigenvalue weighted by Crippen LogP contribution is 2.49. The predicted octanol–water partition coefficient (Wildman–Crippen LogP) is 3.58. The van der Waals surface area contributed by atoms with E-state index in [9.17, 15) is 14.0 Å². The summed E-state index contributed by atoms with van der Waals surface area (Å²) in [5.41, 5.74) is 7.95. The van der Waals surface area contributed by atoms with Crippen molar-refractivity contribution in [3.63, 3.8) is 0 Å². The van der Waals surface area contributed by atoms with E-state index in [0.29, 0.717) is 34.3 Å². The molecule has 1 saturated heterocycles.